The number of benzene rings is 2. The largest absolute Gasteiger partial charge is 0.493 e. The molecule has 0 radical (unpaired) electrons. The van der Waals surface area contributed by atoms with Crippen LogP contribution in [-0.4, -0.2) is 52.3 Å². The number of fused-ring (bicyclic) bond motifs is 2. The van der Waals surface area contributed by atoms with E-state index in [2.05, 4.69) is 10.2 Å². The number of nitrogens with zero attached hydrogens (tertiary/aromatic N) is 2. The fourth-order valence-electron chi connectivity index (χ4n) is 4.76. The zero-order valence-electron chi connectivity index (χ0n) is 18.6. The lowest BCUT2D eigenvalue weighted by Crippen LogP contribution is -2.37. The quantitative estimate of drug-likeness (QED) is 0.532. The molecule has 9 heteroatoms. The topological polar surface area (TPSA) is 105 Å². The Morgan fingerprint density at radius 3 is 2.85 bits per heavy atom. The molecule has 2 aliphatic heterocycles. The molecule has 1 aromatic heterocycles. The van der Waals surface area contributed by atoms with E-state index in [9.17, 15) is 14.0 Å². The van der Waals surface area contributed by atoms with Gasteiger partial charge in [0.1, 0.15) is 5.75 Å². The Kier molecular flexibility index (Phi) is 5.69. The first-order valence-corrected chi connectivity index (χ1v) is 11.2. The number of halogens is 1. The van der Waals surface area contributed by atoms with Gasteiger partial charge in [-0.1, -0.05) is 18.2 Å². The van der Waals surface area contributed by atoms with E-state index in [4.69, 9.17) is 14.6 Å². The van der Waals surface area contributed by atoms with Crippen LogP contribution < -0.4 is 9.47 Å². The molecular formula is C25H24FN3O5. The van der Waals surface area contributed by atoms with Crippen LogP contribution in [-0.2, 0) is 6.42 Å². The second kappa shape index (κ2) is 8.81. The van der Waals surface area contributed by atoms with Gasteiger partial charge < -0.3 is 19.5 Å². The fraction of sp³-hybridized carbons (Fsp3) is 0.320. The van der Waals surface area contributed by atoms with Crippen molar-refractivity contribution in [3.63, 3.8) is 0 Å². The third-order valence-electron chi connectivity index (χ3n) is 6.62. The number of piperidine rings is 1. The van der Waals surface area contributed by atoms with Crippen LogP contribution in [0.3, 0.4) is 0 Å². The summed E-state index contributed by atoms with van der Waals surface area (Å²) in [6.07, 6.45) is 3.30. The van der Waals surface area contributed by atoms with Crippen molar-refractivity contribution in [3.8, 4) is 11.5 Å². The van der Waals surface area contributed by atoms with Gasteiger partial charge in [-0.3, -0.25) is 9.89 Å². The Hall–Kier alpha value is -3.88. The van der Waals surface area contributed by atoms with E-state index in [1.807, 2.05) is 24.3 Å². The number of amides is 1. The predicted molar refractivity (Wildman–Crippen MR) is 123 cm³/mol. The summed E-state index contributed by atoms with van der Waals surface area (Å²) in [7, 11) is 1.39. The normalized spacial score (nSPS) is 17.3. The van der Waals surface area contributed by atoms with E-state index in [0.29, 0.717) is 48.9 Å². The third-order valence-corrected chi connectivity index (χ3v) is 6.62. The number of para-hydroxylation sites is 1. The van der Waals surface area contributed by atoms with Gasteiger partial charge in [-0.05, 0) is 43.7 Å². The Bertz CT molecular complexity index is 1310. The van der Waals surface area contributed by atoms with Crippen molar-refractivity contribution in [2.45, 2.75) is 25.7 Å². The molecule has 8 nitrogen and oxygen atoms in total. The van der Waals surface area contributed by atoms with Gasteiger partial charge in [0.05, 0.1) is 23.9 Å². The molecule has 0 atom stereocenters. The van der Waals surface area contributed by atoms with Gasteiger partial charge in [-0.15, -0.1) is 0 Å². The number of carbonyl (C=O) groups is 2. The number of methoxy groups -OCH3 is 1. The van der Waals surface area contributed by atoms with Crippen molar-refractivity contribution < 1.29 is 28.6 Å². The summed E-state index contributed by atoms with van der Waals surface area (Å²) in [5, 5.41) is 17.2. The molecule has 0 saturated carbocycles. The van der Waals surface area contributed by atoms with Crippen LogP contribution >= 0.6 is 0 Å². The number of carbonyl (C=O) groups excluding carboxylic acids is 1. The van der Waals surface area contributed by atoms with Crippen molar-refractivity contribution in [2.24, 2.45) is 5.92 Å². The molecule has 2 aliphatic rings. The van der Waals surface area contributed by atoms with Crippen LogP contribution in [0.5, 0.6) is 11.5 Å². The Morgan fingerprint density at radius 2 is 2.12 bits per heavy atom. The van der Waals surface area contributed by atoms with E-state index in [0.717, 1.165) is 29.8 Å². The zero-order valence-corrected chi connectivity index (χ0v) is 18.6. The Morgan fingerprint density at radius 1 is 1.35 bits per heavy atom. The van der Waals surface area contributed by atoms with Crippen LogP contribution in [0.15, 0.2) is 36.1 Å². The minimum absolute atomic E-state index is 0.0704. The van der Waals surface area contributed by atoms with Crippen LogP contribution in [0, 0.1) is 11.7 Å². The number of hydrogen-bond acceptors (Lipinski definition) is 5. The summed E-state index contributed by atoms with van der Waals surface area (Å²) < 4.78 is 26.2. The number of ether oxygens (including phenoxy) is 2. The number of likely N-dealkylation sites (tertiary alicyclic amines) is 1. The SMILES string of the molecule is COc1c(F)cc2c(c1CCC1CCN(C(=O)O)CC1)OC(=Cc1n[nH]c3ccccc13)C2=O. The molecule has 34 heavy (non-hydrogen) atoms. The van der Waals surface area contributed by atoms with E-state index >= 15 is 0 Å². The Balaban J connectivity index is 1.42. The lowest BCUT2D eigenvalue weighted by molar-refractivity contribution is 0.101. The standard InChI is InChI=1S/C25H24FN3O5/c1-33-24-16(7-6-14-8-10-29(11-9-14)25(31)32)23-17(12-18(24)26)22(30)21(34-23)13-20-15-4-2-3-5-19(15)27-28-20/h2-5,12-14H,6-11H2,1H3,(H,27,28)(H,31,32). The molecule has 0 spiro atoms. The number of rotatable bonds is 5. The number of allylic oxidation sites excluding steroid dienone is 1. The van der Waals surface area contributed by atoms with Crippen LogP contribution in [0.4, 0.5) is 9.18 Å². The molecular weight excluding hydrogens is 441 g/mol. The maximum absolute atomic E-state index is 14.9. The first kappa shape index (κ1) is 21.9. The number of aromatic amines is 1. The maximum Gasteiger partial charge on any atom is 0.407 e. The molecule has 0 bridgehead atoms. The highest BCUT2D eigenvalue weighted by Crippen LogP contribution is 2.43. The monoisotopic (exact) mass is 465 g/mol. The van der Waals surface area contributed by atoms with Gasteiger partial charge in [0.25, 0.3) is 0 Å². The number of Topliss-reactive ketones (excluding diaryl/α,β-unsaturated/α-hetero) is 1. The van der Waals surface area contributed by atoms with Crippen LogP contribution in [0.2, 0.25) is 0 Å². The lowest BCUT2D eigenvalue weighted by atomic mass is 9.89. The van der Waals surface area contributed by atoms with Crippen LogP contribution in [0.25, 0.3) is 17.0 Å². The maximum atomic E-state index is 14.9. The molecule has 0 aliphatic carbocycles. The number of hydrogen-bond donors (Lipinski definition) is 2. The summed E-state index contributed by atoms with van der Waals surface area (Å²) in [4.78, 5) is 25.6. The van der Waals surface area contributed by atoms with Gasteiger partial charge in [0.2, 0.25) is 5.78 Å². The minimum Gasteiger partial charge on any atom is -0.493 e. The third kappa shape index (κ3) is 3.87. The van der Waals surface area contributed by atoms with E-state index in [1.165, 1.54) is 12.0 Å². The zero-order chi connectivity index (χ0) is 23.8. The number of nitrogens with one attached hydrogen (secondary N) is 1. The number of aromatic nitrogens is 2. The molecule has 1 saturated heterocycles. The predicted octanol–water partition coefficient (Wildman–Crippen LogP) is 4.65. The second-order valence-electron chi connectivity index (χ2n) is 8.59. The average molecular weight is 465 g/mol. The number of carboxylic acid groups (broad SMARTS) is 1. The highest BCUT2D eigenvalue weighted by atomic mass is 19.1. The van der Waals surface area contributed by atoms with Crippen molar-refractivity contribution in [3.05, 3.63) is 58.7 Å². The van der Waals surface area contributed by atoms with Gasteiger partial charge in [0.15, 0.2) is 17.3 Å². The van der Waals surface area contributed by atoms with E-state index < -0.39 is 17.7 Å². The van der Waals surface area contributed by atoms with E-state index in [1.54, 1.807) is 6.08 Å². The van der Waals surface area contributed by atoms with Crippen molar-refractivity contribution >= 4 is 28.9 Å². The summed E-state index contributed by atoms with van der Waals surface area (Å²) in [5.74, 6) is -0.254. The lowest BCUT2D eigenvalue weighted by Gasteiger charge is -2.30. The highest BCUT2D eigenvalue weighted by molar-refractivity contribution is 6.15. The first-order chi connectivity index (χ1) is 16.5. The molecule has 3 aromatic rings. The van der Waals surface area contributed by atoms with Gasteiger partial charge in [-0.25, -0.2) is 9.18 Å². The molecule has 1 amide bonds. The molecule has 5 rings (SSSR count). The first-order valence-electron chi connectivity index (χ1n) is 11.2. The molecule has 0 unspecified atom stereocenters. The minimum atomic E-state index is -0.904. The smallest absolute Gasteiger partial charge is 0.407 e. The molecule has 2 N–H and O–H groups in total. The summed E-state index contributed by atoms with van der Waals surface area (Å²) in [6, 6.07) is 8.70. The molecule has 176 valence electrons. The fourth-order valence-corrected chi connectivity index (χ4v) is 4.76. The van der Waals surface area contributed by atoms with Gasteiger partial charge in [0, 0.05) is 30.1 Å². The number of H-pyrrole nitrogens is 1. The molecule has 1 fully saturated rings. The number of ketones is 1. The van der Waals surface area contributed by atoms with Crippen LogP contribution in [0.1, 0.15) is 40.9 Å². The van der Waals surface area contributed by atoms with Crippen molar-refractivity contribution in [1.82, 2.24) is 15.1 Å². The molecule has 3 heterocycles. The average Bonchev–Trinajstić information content (AvgIpc) is 3.39. The second-order valence-corrected chi connectivity index (χ2v) is 8.59. The Labute approximate surface area is 195 Å². The van der Waals surface area contributed by atoms with E-state index in [-0.39, 0.29) is 17.1 Å². The van der Waals surface area contributed by atoms with Gasteiger partial charge in [-0.2, -0.15) is 5.10 Å². The highest BCUT2D eigenvalue weighted by Gasteiger charge is 2.34. The van der Waals surface area contributed by atoms with Crippen molar-refractivity contribution in [1.29, 1.82) is 0 Å². The summed E-state index contributed by atoms with van der Waals surface area (Å²) >= 11 is 0. The van der Waals surface area contributed by atoms with Gasteiger partial charge >= 0.3 is 6.09 Å². The van der Waals surface area contributed by atoms with Crippen molar-refractivity contribution in [2.75, 3.05) is 20.2 Å². The summed E-state index contributed by atoms with van der Waals surface area (Å²) in [6.45, 7) is 0.968. The summed E-state index contributed by atoms with van der Waals surface area (Å²) in [5.41, 5.74) is 2.08. The molecule has 2 aromatic carbocycles.